The smallest absolute Gasteiger partial charge is 0.289 e. The van der Waals surface area contributed by atoms with Crippen LogP contribution in [0.25, 0.3) is 6.08 Å². The van der Waals surface area contributed by atoms with Crippen molar-refractivity contribution in [2.75, 3.05) is 13.1 Å². The summed E-state index contributed by atoms with van der Waals surface area (Å²) >= 11 is 0. The summed E-state index contributed by atoms with van der Waals surface area (Å²) in [6.45, 7) is 4.71. The van der Waals surface area contributed by atoms with Crippen molar-refractivity contribution >= 4 is 6.08 Å². The normalized spacial score (nSPS) is 14.1. The zero-order valence-corrected chi connectivity index (χ0v) is 12.0. The van der Waals surface area contributed by atoms with Crippen molar-refractivity contribution in [2.45, 2.75) is 38.9 Å². The lowest BCUT2D eigenvalue weighted by atomic mass is 10.1. The Hall–Kier alpha value is -1.29. The first-order valence-electron chi connectivity index (χ1n) is 7.03. The highest BCUT2D eigenvalue weighted by Gasteiger charge is 2.41. The van der Waals surface area contributed by atoms with Gasteiger partial charge in [-0.1, -0.05) is 56.3 Å². The number of hydrogen-bond donors (Lipinski definition) is 0. The summed E-state index contributed by atoms with van der Waals surface area (Å²) < 4.78 is 39.7. The minimum Gasteiger partial charge on any atom is -0.289 e. The van der Waals surface area contributed by atoms with E-state index in [-0.39, 0.29) is 0 Å². The summed E-state index contributed by atoms with van der Waals surface area (Å²) in [5.41, 5.74) is 0.787. The van der Waals surface area contributed by atoms with Crippen molar-refractivity contribution in [3.8, 4) is 0 Å². The van der Waals surface area contributed by atoms with Gasteiger partial charge < -0.3 is 0 Å². The topological polar surface area (TPSA) is 3.24 Å². The maximum atomic E-state index is 13.2. The molecule has 0 aliphatic carbocycles. The predicted octanol–water partition coefficient (Wildman–Crippen LogP) is 4.75. The fraction of sp³-hybridized carbons (Fsp3) is 0.500. The molecule has 4 heteroatoms. The van der Waals surface area contributed by atoms with Crippen LogP contribution in [-0.4, -0.2) is 30.2 Å². The first-order valence-corrected chi connectivity index (χ1v) is 7.03. The molecule has 0 saturated carbocycles. The molecule has 1 rings (SSSR count). The number of hydrogen-bond acceptors (Lipinski definition) is 1. The van der Waals surface area contributed by atoms with Gasteiger partial charge in [0, 0.05) is 0 Å². The summed E-state index contributed by atoms with van der Waals surface area (Å²) in [6, 6.07) is 7.57. The molecule has 0 fully saturated rings. The average molecular weight is 285 g/mol. The zero-order chi connectivity index (χ0) is 15.0. The lowest BCUT2D eigenvalue weighted by Gasteiger charge is -2.30. The monoisotopic (exact) mass is 285 g/mol. The molecule has 0 unspecified atom stereocenters. The summed E-state index contributed by atoms with van der Waals surface area (Å²) in [5, 5.41) is 0. The van der Waals surface area contributed by atoms with Crippen LogP contribution in [0.2, 0.25) is 0 Å². The Morgan fingerprint density at radius 2 is 1.60 bits per heavy atom. The number of nitrogens with zero attached hydrogens (tertiary/aromatic N) is 1. The molecule has 0 bridgehead atoms. The zero-order valence-electron chi connectivity index (χ0n) is 12.0. The third-order valence-corrected chi connectivity index (χ3v) is 3.02. The second kappa shape index (κ2) is 8.10. The molecule has 0 radical (unpaired) electrons. The molecule has 0 N–H and O–H groups in total. The molecule has 1 nitrogen and oxygen atoms in total. The van der Waals surface area contributed by atoms with Crippen molar-refractivity contribution in [1.82, 2.24) is 4.90 Å². The van der Waals surface area contributed by atoms with E-state index in [1.807, 2.05) is 32.0 Å². The van der Waals surface area contributed by atoms with Gasteiger partial charge in [0.2, 0.25) is 0 Å². The molecular weight excluding hydrogens is 263 g/mol. The highest BCUT2D eigenvalue weighted by molar-refractivity contribution is 5.49. The van der Waals surface area contributed by atoms with E-state index in [9.17, 15) is 13.2 Å². The maximum Gasteiger partial charge on any atom is 0.407 e. The van der Waals surface area contributed by atoms with Crippen LogP contribution in [0.3, 0.4) is 0 Å². The quantitative estimate of drug-likeness (QED) is 0.698. The minimum atomic E-state index is -4.24. The van der Waals surface area contributed by atoms with Gasteiger partial charge in [-0.05, 0) is 31.5 Å². The Kier molecular flexibility index (Phi) is 6.79. The van der Waals surface area contributed by atoms with Gasteiger partial charge in [-0.15, -0.1) is 0 Å². The highest BCUT2D eigenvalue weighted by Crippen LogP contribution is 2.27. The van der Waals surface area contributed by atoms with Crippen molar-refractivity contribution < 1.29 is 13.2 Å². The lowest BCUT2D eigenvalue weighted by Crippen LogP contribution is -2.45. The Balaban J connectivity index is 2.91. The molecule has 0 heterocycles. The molecule has 1 aromatic rings. The van der Waals surface area contributed by atoms with E-state index in [0.29, 0.717) is 25.9 Å². The Bertz CT molecular complexity index is 392. The Labute approximate surface area is 119 Å². The second-order valence-corrected chi connectivity index (χ2v) is 4.79. The maximum absolute atomic E-state index is 13.2. The Morgan fingerprint density at radius 3 is 2.05 bits per heavy atom. The molecule has 0 aliphatic heterocycles. The SMILES string of the molecule is CCCN(CCC)[C@@H](/C=C/c1ccccc1)C(F)(F)F. The molecule has 0 aromatic heterocycles. The standard InChI is InChI=1S/C16H22F3N/c1-3-12-20(13-4-2)15(16(17,18)19)11-10-14-8-6-5-7-9-14/h5-11,15H,3-4,12-13H2,1-2H3/b11-10+/t15-/m0/s1. The van der Waals surface area contributed by atoms with Gasteiger partial charge in [0.05, 0.1) is 0 Å². The van der Waals surface area contributed by atoms with E-state index >= 15 is 0 Å². The number of rotatable bonds is 7. The van der Waals surface area contributed by atoms with Crippen LogP contribution in [0.4, 0.5) is 13.2 Å². The summed E-state index contributed by atoms with van der Waals surface area (Å²) in [6.07, 6.45) is 0.00423. The van der Waals surface area contributed by atoms with Gasteiger partial charge >= 0.3 is 6.18 Å². The molecule has 0 aliphatic rings. The van der Waals surface area contributed by atoms with Crippen LogP contribution in [0.1, 0.15) is 32.3 Å². The van der Waals surface area contributed by atoms with Gasteiger partial charge in [0.25, 0.3) is 0 Å². The van der Waals surface area contributed by atoms with Gasteiger partial charge in [0.15, 0.2) is 0 Å². The van der Waals surface area contributed by atoms with E-state index in [1.54, 1.807) is 18.2 Å². The van der Waals surface area contributed by atoms with Gasteiger partial charge in [0.1, 0.15) is 6.04 Å². The van der Waals surface area contributed by atoms with E-state index in [1.165, 1.54) is 11.0 Å². The van der Waals surface area contributed by atoms with Crippen LogP contribution in [0.15, 0.2) is 36.4 Å². The molecule has 1 aromatic carbocycles. The van der Waals surface area contributed by atoms with Crippen LogP contribution < -0.4 is 0 Å². The minimum absolute atomic E-state index is 0.456. The van der Waals surface area contributed by atoms with Crippen LogP contribution in [0.5, 0.6) is 0 Å². The number of benzene rings is 1. The van der Waals surface area contributed by atoms with Gasteiger partial charge in [-0.3, -0.25) is 4.90 Å². The fourth-order valence-corrected chi connectivity index (χ4v) is 2.17. The van der Waals surface area contributed by atoms with E-state index in [4.69, 9.17) is 0 Å². The molecule has 112 valence electrons. The summed E-state index contributed by atoms with van der Waals surface area (Å²) in [7, 11) is 0. The molecule has 0 saturated heterocycles. The lowest BCUT2D eigenvalue weighted by molar-refractivity contribution is -0.170. The summed E-state index contributed by atoms with van der Waals surface area (Å²) in [4.78, 5) is 1.50. The first kappa shape index (κ1) is 16.8. The van der Waals surface area contributed by atoms with Crippen molar-refractivity contribution in [2.24, 2.45) is 0 Å². The summed E-state index contributed by atoms with van der Waals surface area (Å²) in [5.74, 6) is 0. The molecule has 1 atom stereocenters. The van der Waals surface area contributed by atoms with Gasteiger partial charge in [-0.25, -0.2) is 0 Å². The predicted molar refractivity (Wildman–Crippen MR) is 77.5 cm³/mol. The van der Waals surface area contributed by atoms with Crippen molar-refractivity contribution in [3.05, 3.63) is 42.0 Å². The van der Waals surface area contributed by atoms with Crippen molar-refractivity contribution in [1.29, 1.82) is 0 Å². The Morgan fingerprint density at radius 1 is 1.05 bits per heavy atom. The average Bonchev–Trinajstić information content (AvgIpc) is 2.39. The number of halogens is 3. The third kappa shape index (κ3) is 5.37. The third-order valence-electron chi connectivity index (χ3n) is 3.02. The second-order valence-electron chi connectivity index (χ2n) is 4.79. The molecule has 0 amide bonds. The van der Waals surface area contributed by atoms with Crippen LogP contribution >= 0.6 is 0 Å². The van der Waals surface area contributed by atoms with Gasteiger partial charge in [-0.2, -0.15) is 13.2 Å². The molecule has 20 heavy (non-hydrogen) atoms. The van der Waals surface area contributed by atoms with E-state index in [2.05, 4.69) is 0 Å². The number of alkyl halides is 3. The first-order chi connectivity index (χ1) is 9.49. The van der Waals surface area contributed by atoms with Crippen molar-refractivity contribution in [3.63, 3.8) is 0 Å². The molecule has 0 spiro atoms. The van der Waals surface area contributed by atoms with E-state index < -0.39 is 12.2 Å². The van der Waals surface area contributed by atoms with E-state index in [0.717, 1.165) is 5.56 Å². The van der Waals surface area contributed by atoms with Crippen LogP contribution in [-0.2, 0) is 0 Å². The molecular formula is C16H22F3N. The highest BCUT2D eigenvalue weighted by atomic mass is 19.4. The fourth-order valence-electron chi connectivity index (χ4n) is 2.17. The largest absolute Gasteiger partial charge is 0.407 e. The van der Waals surface area contributed by atoms with Crippen LogP contribution in [0, 0.1) is 0 Å².